The molecule has 0 saturated carbocycles. The number of hydrogen-bond acceptors (Lipinski definition) is 3. The van der Waals surface area contributed by atoms with Crippen LogP contribution in [0.2, 0.25) is 0 Å². The van der Waals surface area contributed by atoms with Crippen LogP contribution in [-0.2, 0) is 9.53 Å². The Morgan fingerprint density at radius 3 is 2.90 bits per heavy atom. The van der Waals surface area contributed by atoms with Gasteiger partial charge in [-0.25, -0.2) is 4.79 Å². The van der Waals surface area contributed by atoms with Crippen molar-refractivity contribution in [3.8, 4) is 0 Å². The van der Waals surface area contributed by atoms with Crippen LogP contribution in [0.25, 0.3) is 0 Å². The average molecular weight is 209 g/mol. The SMILES string of the molecule is C=CCOC(=O)C(O)CBr. The molecule has 0 radical (unpaired) electrons. The minimum atomic E-state index is -1.07. The van der Waals surface area contributed by atoms with Crippen LogP contribution in [0.4, 0.5) is 0 Å². The first-order chi connectivity index (χ1) is 4.72. The van der Waals surface area contributed by atoms with Gasteiger partial charge in [0.25, 0.3) is 0 Å². The zero-order valence-corrected chi connectivity index (χ0v) is 7.00. The smallest absolute Gasteiger partial charge is 0.336 e. The first kappa shape index (κ1) is 9.65. The molecule has 0 rings (SSSR count). The molecular weight excluding hydrogens is 200 g/mol. The van der Waals surface area contributed by atoms with E-state index < -0.39 is 12.1 Å². The zero-order valence-electron chi connectivity index (χ0n) is 5.42. The molecule has 1 atom stereocenters. The Morgan fingerprint density at radius 2 is 2.50 bits per heavy atom. The molecule has 0 amide bonds. The van der Waals surface area contributed by atoms with Gasteiger partial charge in [-0.3, -0.25) is 0 Å². The van der Waals surface area contributed by atoms with Crippen LogP contribution in [0, 0.1) is 0 Å². The molecule has 10 heavy (non-hydrogen) atoms. The molecule has 58 valence electrons. The van der Waals surface area contributed by atoms with Gasteiger partial charge in [0.1, 0.15) is 6.61 Å². The van der Waals surface area contributed by atoms with Gasteiger partial charge in [0.15, 0.2) is 6.10 Å². The number of alkyl halides is 1. The number of rotatable bonds is 4. The van der Waals surface area contributed by atoms with E-state index in [1.54, 1.807) is 0 Å². The molecule has 0 aliphatic rings. The molecule has 0 heterocycles. The van der Waals surface area contributed by atoms with E-state index in [2.05, 4.69) is 27.2 Å². The lowest BCUT2D eigenvalue weighted by Crippen LogP contribution is -2.24. The molecular formula is C6H9BrO3. The number of esters is 1. The Labute approximate surface area is 67.8 Å². The number of aliphatic hydroxyl groups excluding tert-OH is 1. The number of aliphatic hydroxyl groups is 1. The Morgan fingerprint density at radius 1 is 1.90 bits per heavy atom. The fourth-order valence-electron chi connectivity index (χ4n) is 0.300. The van der Waals surface area contributed by atoms with Crippen LogP contribution < -0.4 is 0 Å². The minimum absolute atomic E-state index is 0.142. The normalized spacial score (nSPS) is 12.2. The van der Waals surface area contributed by atoms with Crippen LogP contribution in [0.15, 0.2) is 12.7 Å². The van der Waals surface area contributed by atoms with E-state index in [1.807, 2.05) is 0 Å². The number of ether oxygens (including phenoxy) is 1. The quantitative estimate of drug-likeness (QED) is 0.416. The zero-order chi connectivity index (χ0) is 7.98. The summed E-state index contributed by atoms with van der Waals surface area (Å²) < 4.78 is 4.51. The summed E-state index contributed by atoms with van der Waals surface area (Å²) in [7, 11) is 0. The summed E-state index contributed by atoms with van der Waals surface area (Å²) in [5.41, 5.74) is 0. The second kappa shape index (κ2) is 5.44. The number of hydrogen-bond donors (Lipinski definition) is 1. The van der Waals surface area contributed by atoms with Gasteiger partial charge < -0.3 is 9.84 Å². The van der Waals surface area contributed by atoms with Gasteiger partial charge in [-0.2, -0.15) is 0 Å². The predicted molar refractivity (Wildman–Crippen MR) is 41.0 cm³/mol. The van der Waals surface area contributed by atoms with Crippen LogP contribution >= 0.6 is 15.9 Å². The molecule has 1 unspecified atom stereocenters. The van der Waals surface area contributed by atoms with Gasteiger partial charge >= 0.3 is 5.97 Å². The summed E-state index contributed by atoms with van der Waals surface area (Å²) in [6.45, 7) is 3.49. The van der Waals surface area contributed by atoms with Crippen LogP contribution in [0.5, 0.6) is 0 Å². The Balaban J connectivity index is 3.51. The van der Waals surface area contributed by atoms with Crippen LogP contribution in [-0.4, -0.2) is 29.1 Å². The van der Waals surface area contributed by atoms with E-state index in [0.29, 0.717) is 0 Å². The van der Waals surface area contributed by atoms with Gasteiger partial charge in [0, 0.05) is 5.33 Å². The Hall–Kier alpha value is -0.350. The standard InChI is InChI=1S/C6H9BrO3/c1-2-3-10-6(9)5(8)4-7/h2,5,8H,1,3-4H2. The molecule has 0 aromatic rings. The summed E-state index contributed by atoms with van der Waals surface area (Å²) in [6, 6.07) is 0. The topological polar surface area (TPSA) is 46.5 Å². The van der Waals surface area contributed by atoms with Crippen LogP contribution in [0.3, 0.4) is 0 Å². The van der Waals surface area contributed by atoms with Gasteiger partial charge in [-0.1, -0.05) is 28.6 Å². The fraction of sp³-hybridized carbons (Fsp3) is 0.500. The highest BCUT2D eigenvalue weighted by Gasteiger charge is 2.13. The van der Waals surface area contributed by atoms with E-state index in [4.69, 9.17) is 5.11 Å². The largest absolute Gasteiger partial charge is 0.460 e. The number of halogens is 1. The van der Waals surface area contributed by atoms with Crippen molar-refractivity contribution in [1.82, 2.24) is 0 Å². The third-order valence-electron chi connectivity index (χ3n) is 0.762. The van der Waals surface area contributed by atoms with Crippen molar-refractivity contribution < 1.29 is 14.6 Å². The maximum Gasteiger partial charge on any atom is 0.336 e. The molecule has 4 heteroatoms. The van der Waals surface area contributed by atoms with E-state index >= 15 is 0 Å². The lowest BCUT2D eigenvalue weighted by atomic mass is 10.4. The van der Waals surface area contributed by atoms with E-state index in [9.17, 15) is 4.79 Å². The summed E-state index contributed by atoms with van der Waals surface area (Å²) in [5.74, 6) is -0.628. The van der Waals surface area contributed by atoms with Crippen molar-refractivity contribution >= 4 is 21.9 Å². The third-order valence-corrected chi connectivity index (χ3v) is 1.37. The lowest BCUT2D eigenvalue weighted by Gasteiger charge is -2.04. The maximum atomic E-state index is 10.6. The van der Waals surface area contributed by atoms with Gasteiger partial charge in [0.05, 0.1) is 0 Å². The molecule has 0 aromatic carbocycles. The Kier molecular flexibility index (Phi) is 5.25. The Bertz CT molecular complexity index is 124. The second-order valence-corrected chi connectivity index (χ2v) is 2.24. The van der Waals surface area contributed by atoms with Gasteiger partial charge in [-0.05, 0) is 0 Å². The van der Waals surface area contributed by atoms with E-state index in [0.717, 1.165) is 0 Å². The van der Waals surface area contributed by atoms with Crippen molar-refractivity contribution in [3.05, 3.63) is 12.7 Å². The molecule has 0 aliphatic heterocycles. The van der Waals surface area contributed by atoms with Crippen molar-refractivity contribution in [2.24, 2.45) is 0 Å². The second-order valence-electron chi connectivity index (χ2n) is 1.59. The highest BCUT2D eigenvalue weighted by atomic mass is 79.9. The van der Waals surface area contributed by atoms with E-state index in [1.165, 1.54) is 6.08 Å². The highest BCUT2D eigenvalue weighted by Crippen LogP contribution is 1.93. The molecule has 0 aromatic heterocycles. The highest BCUT2D eigenvalue weighted by molar-refractivity contribution is 9.09. The maximum absolute atomic E-state index is 10.6. The molecule has 3 nitrogen and oxygen atoms in total. The molecule has 0 fully saturated rings. The average Bonchev–Trinajstić information content (AvgIpc) is 1.98. The van der Waals surface area contributed by atoms with Gasteiger partial charge in [0.2, 0.25) is 0 Å². The fourth-order valence-corrected chi connectivity index (χ4v) is 0.565. The van der Waals surface area contributed by atoms with Crippen molar-refractivity contribution in [3.63, 3.8) is 0 Å². The molecule has 0 bridgehead atoms. The molecule has 1 N–H and O–H groups in total. The van der Waals surface area contributed by atoms with Crippen LogP contribution in [0.1, 0.15) is 0 Å². The predicted octanol–water partition coefficient (Wildman–Crippen LogP) is 0.471. The first-order valence-corrected chi connectivity index (χ1v) is 3.86. The lowest BCUT2D eigenvalue weighted by molar-refractivity contribution is -0.150. The number of carbonyl (C=O) groups is 1. The number of carbonyl (C=O) groups excluding carboxylic acids is 1. The van der Waals surface area contributed by atoms with Crippen molar-refractivity contribution in [2.45, 2.75) is 6.10 Å². The third kappa shape index (κ3) is 3.63. The molecule has 0 saturated heterocycles. The van der Waals surface area contributed by atoms with E-state index in [-0.39, 0.29) is 11.9 Å². The summed E-state index contributed by atoms with van der Waals surface area (Å²) in [4.78, 5) is 10.6. The molecule has 0 spiro atoms. The summed E-state index contributed by atoms with van der Waals surface area (Å²) in [5, 5.41) is 8.99. The monoisotopic (exact) mass is 208 g/mol. The van der Waals surface area contributed by atoms with Crippen molar-refractivity contribution in [1.29, 1.82) is 0 Å². The summed E-state index contributed by atoms with van der Waals surface area (Å²) in [6.07, 6.45) is 0.374. The first-order valence-electron chi connectivity index (χ1n) is 2.74. The molecule has 0 aliphatic carbocycles. The van der Waals surface area contributed by atoms with Gasteiger partial charge in [-0.15, -0.1) is 0 Å². The summed E-state index contributed by atoms with van der Waals surface area (Å²) >= 11 is 2.93. The van der Waals surface area contributed by atoms with Crippen molar-refractivity contribution in [2.75, 3.05) is 11.9 Å². The minimum Gasteiger partial charge on any atom is -0.460 e.